The van der Waals surface area contributed by atoms with Gasteiger partial charge in [-0.25, -0.2) is 14.3 Å². The van der Waals surface area contributed by atoms with Gasteiger partial charge >= 0.3 is 12.0 Å². The van der Waals surface area contributed by atoms with Crippen molar-refractivity contribution < 1.29 is 14.7 Å². The number of aromatic nitrogens is 3. The highest BCUT2D eigenvalue weighted by Gasteiger charge is 2.37. The van der Waals surface area contributed by atoms with E-state index in [1.807, 2.05) is 4.90 Å². The van der Waals surface area contributed by atoms with Gasteiger partial charge in [-0.15, -0.1) is 5.10 Å². The highest BCUT2D eigenvalue weighted by molar-refractivity contribution is 5.84. The van der Waals surface area contributed by atoms with E-state index in [1.165, 1.54) is 17.3 Å². The molecule has 8 nitrogen and oxygen atoms in total. The lowest BCUT2D eigenvalue weighted by Gasteiger charge is -2.44. The fourth-order valence-corrected chi connectivity index (χ4v) is 2.90. The van der Waals surface area contributed by atoms with Gasteiger partial charge < -0.3 is 14.9 Å². The minimum absolute atomic E-state index is 0.0228. The van der Waals surface area contributed by atoms with Gasteiger partial charge in [-0.1, -0.05) is 5.21 Å². The number of amides is 2. The normalized spacial score (nSPS) is 23.0. The van der Waals surface area contributed by atoms with Crippen molar-refractivity contribution in [3.63, 3.8) is 0 Å². The molecule has 2 aliphatic rings. The van der Waals surface area contributed by atoms with Crippen LogP contribution in [0, 0.1) is 0 Å². The van der Waals surface area contributed by atoms with Gasteiger partial charge in [0, 0.05) is 25.7 Å². The second kappa shape index (κ2) is 5.34. The van der Waals surface area contributed by atoms with Crippen LogP contribution in [0.2, 0.25) is 0 Å². The van der Waals surface area contributed by atoms with Crippen molar-refractivity contribution in [3.05, 3.63) is 11.9 Å². The first kappa shape index (κ1) is 13.8. The lowest BCUT2D eigenvalue weighted by atomic mass is 10.0. The Morgan fingerprint density at radius 2 is 2.10 bits per heavy atom. The van der Waals surface area contributed by atoms with Gasteiger partial charge in [0.2, 0.25) is 0 Å². The Bertz CT molecular complexity index is 552. The summed E-state index contributed by atoms with van der Waals surface area (Å²) >= 11 is 0. The second-order valence-corrected chi connectivity index (χ2v) is 5.77. The molecule has 1 atom stereocenters. The summed E-state index contributed by atoms with van der Waals surface area (Å²) in [5.74, 6) is -1.09. The average Bonchev–Trinajstić information content (AvgIpc) is 2.87. The quantitative estimate of drug-likeness (QED) is 0.872. The van der Waals surface area contributed by atoms with E-state index in [0.29, 0.717) is 19.1 Å². The molecule has 0 spiro atoms. The van der Waals surface area contributed by atoms with E-state index in [2.05, 4.69) is 17.2 Å². The molecule has 1 unspecified atom stereocenters. The summed E-state index contributed by atoms with van der Waals surface area (Å²) < 4.78 is 1.53. The van der Waals surface area contributed by atoms with Gasteiger partial charge in [0.25, 0.3) is 0 Å². The number of urea groups is 1. The molecule has 0 radical (unpaired) electrons. The van der Waals surface area contributed by atoms with E-state index in [-0.39, 0.29) is 17.8 Å². The van der Waals surface area contributed by atoms with Gasteiger partial charge in [0.15, 0.2) is 5.69 Å². The zero-order valence-electron chi connectivity index (χ0n) is 12.0. The number of carbonyl (C=O) groups is 2. The van der Waals surface area contributed by atoms with Crippen LogP contribution in [0.1, 0.15) is 42.7 Å². The molecule has 2 amide bonds. The standard InChI is InChI=1S/C13H19N5O3/c1-9-4-2-3-5-17(9)13(21)16-6-10(7-16)18-8-11(12(19)20)14-15-18/h8-10H,2-7H2,1H3,(H,19,20). The molecule has 1 aromatic heterocycles. The minimum Gasteiger partial charge on any atom is -0.476 e. The predicted molar refractivity (Wildman–Crippen MR) is 73.0 cm³/mol. The first-order valence-electron chi connectivity index (χ1n) is 7.27. The first-order chi connectivity index (χ1) is 10.1. The summed E-state index contributed by atoms with van der Waals surface area (Å²) in [7, 11) is 0. The van der Waals surface area contributed by atoms with Crippen LogP contribution >= 0.6 is 0 Å². The maximum atomic E-state index is 12.4. The Hall–Kier alpha value is -2.12. The SMILES string of the molecule is CC1CCCCN1C(=O)N1CC(n2cc(C(=O)O)nn2)C1. The molecular formula is C13H19N5O3. The highest BCUT2D eigenvalue weighted by Crippen LogP contribution is 2.25. The smallest absolute Gasteiger partial charge is 0.358 e. The van der Waals surface area contributed by atoms with Crippen LogP contribution in [0.5, 0.6) is 0 Å². The van der Waals surface area contributed by atoms with Crippen molar-refractivity contribution >= 4 is 12.0 Å². The molecule has 2 saturated heterocycles. The van der Waals surface area contributed by atoms with Crippen LogP contribution in [0.3, 0.4) is 0 Å². The maximum absolute atomic E-state index is 12.4. The number of nitrogens with zero attached hydrogens (tertiary/aromatic N) is 5. The summed E-state index contributed by atoms with van der Waals surface area (Å²) in [6, 6.07) is 0.405. The third-order valence-corrected chi connectivity index (χ3v) is 4.28. The minimum atomic E-state index is -1.09. The monoisotopic (exact) mass is 293 g/mol. The summed E-state index contributed by atoms with van der Waals surface area (Å²) in [5, 5.41) is 16.2. The van der Waals surface area contributed by atoms with Crippen molar-refractivity contribution in [1.29, 1.82) is 0 Å². The van der Waals surface area contributed by atoms with Crippen LogP contribution in [-0.2, 0) is 0 Å². The number of rotatable bonds is 2. The largest absolute Gasteiger partial charge is 0.476 e. The molecule has 2 aliphatic heterocycles. The number of likely N-dealkylation sites (tertiary alicyclic amines) is 2. The molecule has 1 aromatic rings. The Kier molecular flexibility index (Phi) is 3.52. The molecule has 114 valence electrons. The summed E-state index contributed by atoms with van der Waals surface area (Å²) in [5.41, 5.74) is -0.0653. The lowest BCUT2D eigenvalue weighted by Crippen LogP contribution is -2.57. The molecule has 21 heavy (non-hydrogen) atoms. The predicted octanol–water partition coefficient (Wildman–Crippen LogP) is 0.827. The van der Waals surface area contributed by atoms with Gasteiger partial charge in [0.1, 0.15) is 0 Å². The molecule has 2 fully saturated rings. The van der Waals surface area contributed by atoms with Crippen molar-refractivity contribution in [2.45, 2.75) is 38.3 Å². The summed E-state index contributed by atoms with van der Waals surface area (Å²) in [6.07, 6.45) is 4.73. The topological polar surface area (TPSA) is 91.6 Å². The van der Waals surface area contributed by atoms with Gasteiger partial charge in [0.05, 0.1) is 12.2 Å². The van der Waals surface area contributed by atoms with E-state index in [4.69, 9.17) is 5.11 Å². The van der Waals surface area contributed by atoms with E-state index < -0.39 is 5.97 Å². The van der Waals surface area contributed by atoms with Crippen molar-refractivity contribution in [3.8, 4) is 0 Å². The van der Waals surface area contributed by atoms with Crippen molar-refractivity contribution in [2.75, 3.05) is 19.6 Å². The number of carboxylic acid groups (broad SMARTS) is 1. The third kappa shape index (κ3) is 2.57. The second-order valence-electron chi connectivity index (χ2n) is 5.77. The fourth-order valence-electron chi connectivity index (χ4n) is 2.90. The van der Waals surface area contributed by atoms with Gasteiger partial charge in [-0.2, -0.15) is 0 Å². The van der Waals surface area contributed by atoms with Crippen molar-refractivity contribution in [2.24, 2.45) is 0 Å². The van der Waals surface area contributed by atoms with Gasteiger partial charge in [-0.05, 0) is 26.2 Å². The molecular weight excluding hydrogens is 274 g/mol. The summed E-state index contributed by atoms with van der Waals surface area (Å²) in [6.45, 7) is 4.04. The third-order valence-electron chi connectivity index (χ3n) is 4.28. The zero-order valence-corrected chi connectivity index (χ0v) is 12.0. The number of piperidine rings is 1. The molecule has 0 aromatic carbocycles. The van der Waals surface area contributed by atoms with Crippen LogP contribution in [0.4, 0.5) is 4.79 Å². The van der Waals surface area contributed by atoms with Crippen LogP contribution in [-0.4, -0.2) is 67.6 Å². The molecule has 0 aliphatic carbocycles. The summed E-state index contributed by atoms with van der Waals surface area (Å²) in [4.78, 5) is 26.9. The van der Waals surface area contributed by atoms with Crippen molar-refractivity contribution in [1.82, 2.24) is 24.8 Å². The molecule has 1 N–H and O–H groups in total. The zero-order chi connectivity index (χ0) is 15.0. The molecule has 3 rings (SSSR count). The van der Waals surface area contributed by atoms with Crippen LogP contribution in [0.15, 0.2) is 6.20 Å². The Balaban J connectivity index is 1.57. The average molecular weight is 293 g/mol. The molecule has 0 saturated carbocycles. The molecule has 8 heteroatoms. The Morgan fingerprint density at radius 1 is 1.33 bits per heavy atom. The Morgan fingerprint density at radius 3 is 2.71 bits per heavy atom. The van der Waals surface area contributed by atoms with Gasteiger partial charge in [-0.3, -0.25) is 0 Å². The van der Waals surface area contributed by atoms with E-state index in [1.54, 1.807) is 4.90 Å². The first-order valence-corrected chi connectivity index (χ1v) is 7.27. The number of hydrogen-bond donors (Lipinski definition) is 1. The van der Waals surface area contributed by atoms with Crippen LogP contribution in [0.25, 0.3) is 0 Å². The van der Waals surface area contributed by atoms with E-state index in [9.17, 15) is 9.59 Å². The lowest BCUT2D eigenvalue weighted by molar-refractivity contribution is 0.0683. The number of hydrogen-bond acceptors (Lipinski definition) is 4. The highest BCUT2D eigenvalue weighted by atomic mass is 16.4. The van der Waals surface area contributed by atoms with E-state index >= 15 is 0 Å². The number of aromatic carboxylic acids is 1. The van der Waals surface area contributed by atoms with Crippen LogP contribution < -0.4 is 0 Å². The number of carboxylic acids is 1. The maximum Gasteiger partial charge on any atom is 0.358 e. The number of carbonyl (C=O) groups excluding carboxylic acids is 1. The molecule has 0 bridgehead atoms. The fraction of sp³-hybridized carbons (Fsp3) is 0.692. The molecule has 3 heterocycles. The van der Waals surface area contributed by atoms with E-state index in [0.717, 1.165) is 19.4 Å². The Labute approximate surface area is 122 Å².